The van der Waals surface area contributed by atoms with E-state index in [9.17, 15) is 9.59 Å². The number of para-hydroxylation sites is 1. The minimum Gasteiger partial charge on any atom is -0.487 e. The molecule has 0 N–H and O–H groups in total. The molecule has 0 amide bonds. The van der Waals surface area contributed by atoms with Crippen molar-refractivity contribution in [3.05, 3.63) is 95.7 Å². The first kappa shape index (κ1) is 22.0. The second kappa shape index (κ2) is 9.96. The van der Waals surface area contributed by atoms with Gasteiger partial charge in [-0.2, -0.15) is 0 Å². The van der Waals surface area contributed by atoms with Crippen molar-refractivity contribution in [1.82, 2.24) is 4.98 Å². The van der Waals surface area contributed by atoms with Crippen LogP contribution in [0.4, 0.5) is 0 Å². The van der Waals surface area contributed by atoms with E-state index in [1.54, 1.807) is 24.3 Å². The van der Waals surface area contributed by atoms with Crippen LogP contribution in [0.3, 0.4) is 0 Å². The molecule has 0 saturated carbocycles. The molecule has 0 atom stereocenters. The van der Waals surface area contributed by atoms with Gasteiger partial charge >= 0.3 is 11.9 Å². The van der Waals surface area contributed by atoms with Crippen molar-refractivity contribution >= 4 is 22.8 Å². The summed E-state index contributed by atoms with van der Waals surface area (Å²) in [6.07, 6.45) is 0.190. The van der Waals surface area contributed by atoms with Crippen LogP contribution in [0.2, 0.25) is 0 Å². The van der Waals surface area contributed by atoms with Crippen LogP contribution in [0.25, 0.3) is 22.0 Å². The number of carbonyl (C=O) groups excluding carboxylic acids is 2. The van der Waals surface area contributed by atoms with Gasteiger partial charge in [0.05, 0.1) is 37.4 Å². The zero-order chi connectivity index (χ0) is 23.2. The molecule has 6 nitrogen and oxygen atoms in total. The van der Waals surface area contributed by atoms with Crippen LogP contribution in [-0.4, -0.2) is 31.1 Å². The van der Waals surface area contributed by atoms with Gasteiger partial charge in [-0.15, -0.1) is 0 Å². The molecule has 0 bridgehead atoms. The van der Waals surface area contributed by atoms with Gasteiger partial charge in [0, 0.05) is 10.9 Å². The van der Waals surface area contributed by atoms with E-state index in [1.165, 1.54) is 14.2 Å². The number of carbonyl (C=O) groups is 2. The lowest BCUT2D eigenvalue weighted by molar-refractivity contribution is -0.139. The fraction of sp³-hybridized carbons (Fsp3) is 0.148. The van der Waals surface area contributed by atoms with Crippen molar-refractivity contribution in [2.75, 3.05) is 14.2 Å². The average molecular weight is 441 g/mol. The van der Waals surface area contributed by atoms with Gasteiger partial charge in [0.25, 0.3) is 0 Å². The third kappa shape index (κ3) is 4.85. The van der Waals surface area contributed by atoms with Crippen LogP contribution in [0, 0.1) is 0 Å². The minimum atomic E-state index is -0.473. The van der Waals surface area contributed by atoms with Gasteiger partial charge in [0.2, 0.25) is 0 Å². The Labute approximate surface area is 191 Å². The highest BCUT2D eigenvalue weighted by atomic mass is 16.5. The molecule has 0 aliphatic carbocycles. The fourth-order valence-corrected chi connectivity index (χ4v) is 3.69. The van der Waals surface area contributed by atoms with Crippen molar-refractivity contribution in [2.24, 2.45) is 0 Å². The Morgan fingerprint density at radius 1 is 0.818 bits per heavy atom. The van der Waals surface area contributed by atoms with E-state index in [1.807, 2.05) is 54.6 Å². The van der Waals surface area contributed by atoms with Crippen LogP contribution in [0.5, 0.6) is 5.75 Å². The first-order valence-electron chi connectivity index (χ1n) is 10.4. The minimum absolute atomic E-state index is 0.0749. The molecule has 0 aliphatic rings. The number of hydrogen-bond acceptors (Lipinski definition) is 6. The molecule has 0 unspecified atom stereocenters. The molecule has 0 spiro atoms. The van der Waals surface area contributed by atoms with Crippen LogP contribution in [0.15, 0.2) is 78.9 Å². The molecule has 1 heterocycles. The Kier molecular flexibility index (Phi) is 6.64. The van der Waals surface area contributed by atoms with Crippen molar-refractivity contribution < 1.29 is 23.8 Å². The maximum absolute atomic E-state index is 12.9. The number of fused-ring (bicyclic) bond motifs is 1. The van der Waals surface area contributed by atoms with Crippen molar-refractivity contribution in [1.29, 1.82) is 0 Å². The highest BCUT2D eigenvalue weighted by Gasteiger charge is 2.23. The van der Waals surface area contributed by atoms with Gasteiger partial charge in [-0.05, 0) is 29.3 Å². The number of benzene rings is 3. The molecule has 0 saturated heterocycles. The lowest BCUT2D eigenvalue weighted by Crippen LogP contribution is -2.13. The Balaban J connectivity index is 1.73. The number of aromatic nitrogens is 1. The normalized spacial score (nSPS) is 10.6. The maximum Gasteiger partial charge on any atom is 0.340 e. The van der Waals surface area contributed by atoms with E-state index in [4.69, 9.17) is 19.2 Å². The zero-order valence-corrected chi connectivity index (χ0v) is 18.4. The highest BCUT2D eigenvalue weighted by molar-refractivity contribution is 6.07. The maximum atomic E-state index is 12.9. The van der Waals surface area contributed by atoms with E-state index in [2.05, 4.69) is 0 Å². The van der Waals surface area contributed by atoms with Gasteiger partial charge in [-0.25, -0.2) is 9.78 Å². The zero-order valence-electron chi connectivity index (χ0n) is 18.4. The lowest BCUT2D eigenvalue weighted by Gasteiger charge is -2.16. The summed E-state index contributed by atoms with van der Waals surface area (Å²) in [5.74, 6) is -0.185. The summed E-state index contributed by atoms with van der Waals surface area (Å²) in [4.78, 5) is 29.1. The molecule has 0 radical (unpaired) electrons. The smallest absolute Gasteiger partial charge is 0.340 e. The summed E-state index contributed by atoms with van der Waals surface area (Å²) in [6.45, 7) is 0.0749. The van der Waals surface area contributed by atoms with Crippen molar-refractivity contribution in [2.45, 2.75) is 13.0 Å². The topological polar surface area (TPSA) is 74.7 Å². The van der Waals surface area contributed by atoms with Crippen LogP contribution >= 0.6 is 0 Å². The molecule has 166 valence electrons. The van der Waals surface area contributed by atoms with Crippen molar-refractivity contribution in [3.63, 3.8) is 0 Å². The number of nitrogens with zero attached hydrogens (tertiary/aromatic N) is 1. The summed E-state index contributed by atoms with van der Waals surface area (Å²) in [5, 5.41) is 0.861. The number of hydrogen-bond donors (Lipinski definition) is 0. The molecule has 0 aliphatic heterocycles. The predicted molar refractivity (Wildman–Crippen MR) is 125 cm³/mol. The largest absolute Gasteiger partial charge is 0.487 e. The summed E-state index contributed by atoms with van der Waals surface area (Å²) in [6, 6.07) is 24.5. The lowest BCUT2D eigenvalue weighted by atomic mass is 9.94. The summed E-state index contributed by atoms with van der Waals surface area (Å²) in [5.41, 5.74) is 4.10. The molecule has 4 rings (SSSR count). The van der Waals surface area contributed by atoms with Gasteiger partial charge in [0.1, 0.15) is 12.4 Å². The molecule has 1 aromatic heterocycles. The Hall–Kier alpha value is -4.19. The van der Waals surface area contributed by atoms with E-state index in [0.29, 0.717) is 17.0 Å². The predicted octanol–water partition coefficient (Wildman–Crippen LogP) is 4.98. The highest BCUT2D eigenvalue weighted by Crippen LogP contribution is 2.34. The SMILES string of the molecule is COC(=O)Cc1ccc(OCc2nc3ccccc3c(-c3ccccc3)c2C(=O)OC)cc1. The molecule has 3 aromatic carbocycles. The first-order chi connectivity index (χ1) is 16.1. The van der Waals surface area contributed by atoms with Crippen LogP contribution < -0.4 is 4.74 Å². The Bertz CT molecular complexity index is 1280. The van der Waals surface area contributed by atoms with E-state index in [0.717, 1.165) is 27.6 Å². The molecule has 4 aromatic rings. The summed E-state index contributed by atoms with van der Waals surface area (Å²) < 4.78 is 15.8. The van der Waals surface area contributed by atoms with Gasteiger partial charge in [-0.1, -0.05) is 60.7 Å². The quantitative estimate of drug-likeness (QED) is 0.377. The van der Waals surface area contributed by atoms with E-state index >= 15 is 0 Å². The average Bonchev–Trinajstić information content (AvgIpc) is 2.87. The van der Waals surface area contributed by atoms with E-state index < -0.39 is 5.97 Å². The van der Waals surface area contributed by atoms with E-state index in [-0.39, 0.29) is 19.0 Å². The van der Waals surface area contributed by atoms with Crippen molar-refractivity contribution in [3.8, 4) is 16.9 Å². The third-order valence-corrected chi connectivity index (χ3v) is 5.29. The fourth-order valence-electron chi connectivity index (χ4n) is 3.69. The summed E-state index contributed by atoms with van der Waals surface area (Å²) >= 11 is 0. The van der Waals surface area contributed by atoms with Crippen LogP contribution in [-0.2, 0) is 27.3 Å². The molecule has 6 heteroatoms. The van der Waals surface area contributed by atoms with Gasteiger partial charge in [0.15, 0.2) is 0 Å². The second-order valence-corrected chi connectivity index (χ2v) is 7.37. The molecule has 0 fully saturated rings. The van der Waals surface area contributed by atoms with Crippen LogP contribution in [0.1, 0.15) is 21.6 Å². The molecular weight excluding hydrogens is 418 g/mol. The standard InChI is InChI=1S/C27H23NO5/c1-31-24(29)16-18-12-14-20(15-13-18)33-17-23-26(27(30)32-2)25(19-8-4-3-5-9-19)21-10-6-7-11-22(21)28-23/h3-15H,16-17H2,1-2H3. The monoisotopic (exact) mass is 441 g/mol. The number of methoxy groups -OCH3 is 2. The van der Waals surface area contributed by atoms with Gasteiger partial charge < -0.3 is 14.2 Å². The second-order valence-electron chi connectivity index (χ2n) is 7.37. The Morgan fingerprint density at radius 3 is 2.21 bits per heavy atom. The third-order valence-electron chi connectivity index (χ3n) is 5.29. The Morgan fingerprint density at radius 2 is 1.52 bits per heavy atom. The number of esters is 2. The number of rotatable bonds is 7. The number of pyridine rings is 1. The molecule has 33 heavy (non-hydrogen) atoms. The van der Waals surface area contributed by atoms with Gasteiger partial charge in [-0.3, -0.25) is 4.79 Å². The summed E-state index contributed by atoms with van der Waals surface area (Å²) in [7, 11) is 2.72. The number of ether oxygens (including phenoxy) is 3. The first-order valence-corrected chi connectivity index (χ1v) is 10.4. The molecular formula is C27H23NO5.